The molecule has 0 radical (unpaired) electrons. The van der Waals surface area contributed by atoms with Gasteiger partial charge in [-0.2, -0.15) is 0 Å². The van der Waals surface area contributed by atoms with Crippen LogP contribution in [0.5, 0.6) is 5.88 Å². The number of aromatic nitrogens is 2. The van der Waals surface area contributed by atoms with Crippen LogP contribution in [-0.2, 0) is 0 Å². The lowest BCUT2D eigenvalue weighted by atomic mass is 9.96. The maximum Gasteiger partial charge on any atom is 0.239 e. The molecule has 0 aliphatic carbocycles. The number of pyridine rings is 2. The molecule has 1 atom stereocenters. The molecule has 2 aliphatic rings. The Morgan fingerprint density at radius 2 is 2.00 bits per heavy atom. The van der Waals surface area contributed by atoms with Crippen molar-refractivity contribution in [3.05, 3.63) is 88.4 Å². The highest BCUT2D eigenvalue weighted by atomic mass is 35.5. The Morgan fingerprint density at radius 3 is 2.69 bits per heavy atom. The van der Waals surface area contributed by atoms with E-state index in [9.17, 15) is 0 Å². The highest BCUT2D eigenvalue weighted by molar-refractivity contribution is 6.30. The van der Waals surface area contributed by atoms with Crippen molar-refractivity contribution in [2.75, 3.05) is 29.5 Å². The number of aliphatic imine (C=N–C) groups is 1. The number of hydrazine groups is 2. The second-order valence-electron chi connectivity index (χ2n) is 8.65. The fraction of sp³-hybridized carbons (Fsp3) is 0.192. The van der Waals surface area contributed by atoms with Gasteiger partial charge in [-0.25, -0.2) is 15.0 Å². The number of hydrogen-bond acceptors (Lipinski definition) is 9. The van der Waals surface area contributed by atoms with Crippen molar-refractivity contribution in [3.63, 3.8) is 0 Å². The summed E-state index contributed by atoms with van der Waals surface area (Å²) in [7, 11) is 3.47. The van der Waals surface area contributed by atoms with Gasteiger partial charge in [-0.3, -0.25) is 10.4 Å². The van der Waals surface area contributed by atoms with Crippen LogP contribution in [0.3, 0.4) is 0 Å². The molecule has 2 aromatic heterocycles. The van der Waals surface area contributed by atoms with Crippen molar-refractivity contribution in [3.8, 4) is 5.88 Å². The third-order valence-electron chi connectivity index (χ3n) is 6.24. The largest absolute Gasteiger partial charge is 0.479 e. The van der Waals surface area contributed by atoms with Crippen molar-refractivity contribution >= 4 is 40.3 Å². The molecule has 10 heteroatoms. The summed E-state index contributed by atoms with van der Waals surface area (Å²) in [6.07, 6.45) is 1.66. The molecule has 1 saturated heterocycles. The Hall–Kier alpha value is -4.08. The molecule has 1 unspecified atom stereocenters. The molecule has 1 fully saturated rings. The molecule has 2 aliphatic heterocycles. The molecule has 0 spiro atoms. The minimum absolute atomic E-state index is 0.321. The number of allylic oxidation sites excluding steroid dienone is 2. The van der Waals surface area contributed by atoms with E-state index < -0.39 is 0 Å². The second-order valence-corrected chi connectivity index (χ2v) is 9.09. The lowest BCUT2D eigenvalue weighted by molar-refractivity contribution is 0.399. The van der Waals surface area contributed by atoms with Gasteiger partial charge >= 0.3 is 0 Å². The monoisotopic (exact) mass is 502 g/mol. The van der Waals surface area contributed by atoms with E-state index in [0.29, 0.717) is 33.7 Å². The van der Waals surface area contributed by atoms with Crippen LogP contribution in [0, 0.1) is 6.92 Å². The Labute approximate surface area is 214 Å². The molecule has 3 aromatic rings. The summed E-state index contributed by atoms with van der Waals surface area (Å²) in [6, 6.07) is 13.1. The highest BCUT2D eigenvalue weighted by Gasteiger charge is 2.41. The van der Waals surface area contributed by atoms with Crippen molar-refractivity contribution in [1.29, 1.82) is 0 Å². The number of nitrogens with zero attached hydrogens (tertiary/aromatic N) is 5. The number of ether oxygens (including phenoxy) is 1. The molecular formula is C26H27ClN8O. The number of anilines is 3. The zero-order valence-electron chi connectivity index (χ0n) is 20.5. The number of hydrogen-bond donors (Lipinski definition) is 3. The molecule has 9 nitrogen and oxygen atoms in total. The number of fused-ring (bicyclic) bond motifs is 1. The zero-order chi connectivity index (χ0) is 25.6. The van der Waals surface area contributed by atoms with Gasteiger partial charge in [-0.1, -0.05) is 30.3 Å². The van der Waals surface area contributed by atoms with Gasteiger partial charge in [-0.05, 0) is 55.3 Å². The van der Waals surface area contributed by atoms with Gasteiger partial charge in [0.05, 0.1) is 30.2 Å². The van der Waals surface area contributed by atoms with Gasteiger partial charge < -0.3 is 15.4 Å². The third-order valence-corrected chi connectivity index (χ3v) is 6.49. The number of halogens is 1. The normalized spacial score (nSPS) is 19.5. The predicted octanol–water partition coefficient (Wildman–Crippen LogP) is 4.81. The van der Waals surface area contributed by atoms with Crippen LogP contribution in [0.2, 0.25) is 5.02 Å². The van der Waals surface area contributed by atoms with Crippen LogP contribution >= 0.6 is 11.6 Å². The zero-order valence-corrected chi connectivity index (χ0v) is 21.3. The number of nitrogens with two attached hydrogens (primary N) is 1. The van der Waals surface area contributed by atoms with E-state index in [2.05, 4.69) is 27.4 Å². The topological polar surface area (TPSA) is 104 Å². The summed E-state index contributed by atoms with van der Waals surface area (Å²) in [6.45, 7) is 8.35. The van der Waals surface area contributed by atoms with E-state index in [1.165, 1.54) is 0 Å². The maximum absolute atomic E-state index is 6.52. The quantitative estimate of drug-likeness (QED) is 0.467. The lowest BCUT2D eigenvalue weighted by Crippen LogP contribution is -2.32. The number of benzene rings is 1. The van der Waals surface area contributed by atoms with E-state index in [-0.39, 0.29) is 6.04 Å². The molecule has 4 heterocycles. The number of methoxy groups -OCH3 is 1. The van der Waals surface area contributed by atoms with Gasteiger partial charge in [0.2, 0.25) is 5.88 Å². The van der Waals surface area contributed by atoms with Crippen molar-refractivity contribution in [2.24, 2.45) is 10.7 Å². The van der Waals surface area contributed by atoms with Crippen LogP contribution in [0.1, 0.15) is 24.1 Å². The summed E-state index contributed by atoms with van der Waals surface area (Å²) in [5.41, 5.74) is 19.0. The smallest absolute Gasteiger partial charge is 0.239 e. The molecule has 0 saturated carbocycles. The van der Waals surface area contributed by atoms with E-state index in [1.54, 1.807) is 13.3 Å². The minimum atomic E-state index is -0.321. The van der Waals surface area contributed by atoms with Crippen molar-refractivity contribution in [2.45, 2.75) is 19.9 Å². The SMILES string of the molecule is C=C1C(=Nc2cccnc2OC)C(=C(C)N)C(c2ccc(Cl)cc2)N1c1cc(C)c2c(n1)N(C)NN2. The summed E-state index contributed by atoms with van der Waals surface area (Å²) in [5, 5.41) is 2.49. The molecule has 4 N–H and O–H groups in total. The molecule has 0 bridgehead atoms. The summed E-state index contributed by atoms with van der Waals surface area (Å²) in [4.78, 5) is 16.3. The summed E-state index contributed by atoms with van der Waals surface area (Å²) in [5.74, 6) is 1.91. The molecule has 184 valence electrons. The van der Waals surface area contributed by atoms with E-state index >= 15 is 0 Å². The van der Waals surface area contributed by atoms with Crippen molar-refractivity contribution in [1.82, 2.24) is 15.5 Å². The van der Waals surface area contributed by atoms with Crippen LogP contribution in [0.15, 0.2) is 77.2 Å². The van der Waals surface area contributed by atoms with Gasteiger partial charge in [0.1, 0.15) is 11.5 Å². The Balaban J connectivity index is 1.75. The standard InChI is InChI=1S/C26H27ClN8O/c1-14-13-20(31-25-22(14)32-33-34(25)4)35-16(3)23(30-19-7-6-12-29-26(19)36-5)21(15(2)28)24(35)17-8-10-18(27)11-9-17/h6-13,24,32-33H,3,28H2,1-2,4-5H3. The molecule has 1 aromatic carbocycles. The van der Waals surface area contributed by atoms with Gasteiger partial charge in [0, 0.05) is 29.5 Å². The van der Waals surface area contributed by atoms with Crippen molar-refractivity contribution < 1.29 is 4.74 Å². The average Bonchev–Trinajstić information content (AvgIpc) is 3.37. The van der Waals surface area contributed by atoms with E-state index in [0.717, 1.165) is 34.0 Å². The van der Waals surface area contributed by atoms with E-state index in [4.69, 9.17) is 32.0 Å². The van der Waals surface area contributed by atoms with Crippen LogP contribution < -0.4 is 31.3 Å². The number of nitrogens with one attached hydrogen (secondary N) is 2. The first-order valence-corrected chi connectivity index (χ1v) is 11.7. The van der Waals surface area contributed by atoms with Crippen LogP contribution in [0.25, 0.3) is 0 Å². The van der Waals surface area contributed by atoms with Gasteiger partial charge in [-0.15, -0.1) is 5.53 Å². The number of rotatable bonds is 4. The molecule has 0 amide bonds. The Kier molecular flexibility index (Phi) is 6.03. The first kappa shape index (κ1) is 23.7. The number of aryl methyl sites for hydroxylation is 1. The van der Waals surface area contributed by atoms with Gasteiger partial charge in [0.25, 0.3) is 0 Å². The van der Waals surface area contributed by atoms with Crippen LogP contribution in [0.4, 0.5) is 23.0 Å². The van der Waals surface area contributed by atoms with E-state index in [1.807, 2.05) is 68.4 Å². The lowest BCUT2D eigenvalue weighted by Gasteiger charge is -2.28. The predicted molar refractivity (Wildman–Crippen MR) is 145 cm³/mol. The van der Waals surface area contributed by atoms with Crippen LogP contribution in [-0.4, -0.2) is 29.8 Å². The Morgan fingerprint density at radius 1 is 1.25 bits per heavy atom. The molecule has 5 rings (SSSR count). The third kappa shape index (κ3) is 3.92. The molecule has 36 heavy (non-hydrogen) atoms. The average molecular weight is 503 g/mol. The fourth-order valence-electron chi connectivity index (χ4n) is 4.54. The summed E-state index contributed by atoms with van der Waals surface area (Å²) < 4.78 is 5.45. The Bertz CT molecular complexity index is 1410. The second kappa shape index (κ2) is 9.18. The summed E-state index contributed by atoms with van der Waals surface area (Å²) >= 11 is 6.23. The minimum Gasteiger partial charge on any atom is -0.479 e. The first-order chi connectivity index (χ1) is 17.3. The van der Waals surface area contributed by atoms with Gasteiger partial charge in [0.15, 0.2) is 5.82 Å². The maximum atomic E-state index is 6.52. The fourth-order valence-corrected chi connectivity index (χ4v) is 4.67. The molecular weight excluding hydrogens is 476 g/mol. The first-order valence-electron chi connectivity index (χ1n) is 11.4. The highest BCUT2D eigenvalue weighted by Crippen LogP contribution is 2.46.